The predicted molar refractivity (Wildman–Crippen MR) is 100 cm³/mol. The smallest absolute Gasteiger partial charge is 0.260 e. The SMILES string of the molecule is Cc1ccc(OCCNC(=O)[C@@H](C)Oc2cc(C)cc(C)c2C)cc1. The summed E-state index contributed by atoms with van der Waals surface area (Å²) in [6, 6.07) is 11.9. The second-order valence-corrected chi connectivity index (χ2v) is 6.42. The lowest BCUT2D eigenvalue weighted by Crippen LogP contribution is -2.38. The molecule has 2 aromatic rings. The molecule has 0 fully saturated rings. The van der Waals surface area contributed by atoms with E-state index in [9.17, 15) is 4.79 Å². The van der Waals surface area contributed by atoms with Crippen LogP contribution in [0.4, 0.5) is 0 Å². The summed E-state index contributed by atoms with van der Waals surface area (Å²) in [5.74, 6) is 1.41. The quantitative estimate of drug-likeness (QED) is 0.778. The highest BCUT2D eigenvalue weighted by Gasteiger charge is 2.16. The number of nitrogens with one attached hydrogen (secondary N) is 1. The first-order valence-electron chi connectivity index (χ1n) is 8.58. The zero-order valence-corrected chi connectivity index (χ0v) is 15.7. The summed E-state index contributed by atoms with van der Waals surface area (Å²) in [5, 5.41) is 2.84. The van der Waals surface area contributed by atoms with E-state index in [-0.39, 0.29) is 5.91 Å². The van der Waals surface area contributed by atoms with Crippen LogP contribution in [0.5, 0.6) is 11.5 Å². The van der Waals surface area contributed by atoms with E-state index in [0.717, 1.165) is 28.2 Å². The first-order valence-corrected chi connectivity index (χ1v) is 8.58. The Hall–Kier alpha value is -2.49. The van der Waals surface area contributed by atoms with E-state index in [1.807, 2.05) is 58.0 Å². The summed E-state index contributed by atoms with van der Waals surface area (Å²) < 4.78 is 11.4. The zero-order chi connectivity index (χ0) is 18.4. The fourth-order valence-corrected chi connectivity index (χ4v) is 2.49. The molecule has 0 radical (unpaired) electrons. The van der Waals surface area contributed by atoms with Crippen molar-refractivity contribution in [2.45, 2.75) is 40.7 Å². The molecule has 0 aliphatic rings. The molecule has 25 heavy (non-hydrogen) atoms. The first kappa shape index (κ1) is 18.8. The molecule has 0 spiro atoms. The molecular weight excluding hydrogens is 314 g/mol. The molecule has 1 amide bonds. The van der Waals surface area contributed by atoms with Crippen molar-refractivity contribution in [2.75, 3.05) is 13.2 Å². The maximum absolute atomic E-state index is 12.2. The molecular formula is C21H27NO3. The Morgan fingerprint density at radius 1 is 1.04 bits per heavy atom. The lowest BCUT2D eigenvalue weighted by molar-refractivity contribution is -0.127. The van der Waals surface area contributed by atoms with Gasteiger partial charge in [-0.3, -0.25) is 4.79 Å². The Morgan fingerprint density at radius 3 is 2.40 bits per heavy atom. The highest BCUT2D eigenvalue weighted by atomic mass is 16.5. The van der Waals surface area contributed by atoms with Crippen molar-refractivity contribution < 1.29 is 14.3 Å². The van der Waals surface area contributed by atoms with Crippen LogP contribution in [0.25, 0.3) is 0 Å². The number of aryl methyl sites for hydroxylation is 3. The summed E-state index contributed by atoms with van der Waals surface area (Å²) in [4.78, 5) is 12.2. The third-order valence-corrected chi connectivity index (χ3v) is 4.13. The number of carbonyl (C=O) groups excluding carboxylic acids is 1. The van der Waals surface area contributed by atoms with Crippen LogP contribution in [0.15, 0.2) is 36.4 Å². The van der Waals surface area contributed by atoms with Crippen molar-refractivity contribution in [2.24, 2.45) is 0 Å². The molecule has 0 aromatic heterocycles. The van der Waals surface area contributed by atoms with Crippen LogP contribution >= 0.6 is 0 Å². The van der Waals surface area contributed by atoms with Gasteiger partial charge in [-0.15, -0.1) is 0 Å². The van der Waals surface area contributed by atoms with Crippen molar-refractivity contribution in [3.63, 3.8) is 0 Å². The molecule has 2 aromatic carbocycles. The summed E-state index contributed by atoms with van der Waals surface area (Å²) in [6.45, 7) is 10.7. The molecule has 0 saturated heterocycles. The topological polar surface area (TPSA) is 47.6 Å². The van der Waals surface area contributed by atoms with Crippen molar-refractivity contribution in [1.29, 1.82) is 0 Å². The van der Waals surface area contributed by atoms with E-state index < -0.39 is 6.10 Å². The fourth-order valence-electron chi connectivity index (χ4n) is 2.49. The summed E-state index contributed by atoms with van der Waals surface area (Å²) in [7, 11) is 0. The summed E-state index contributed by atoms with van der Waals surface area (Å²) >= 11 is 0. The molecule has 0 unspecified atom stereocenters. The molecule has 0 heterocycles. The van der Waals surface area contributed by atoms with Gasteiger partial charge >= 0.3 is 0 Å². The maximum atomic E-state index is 12.2. The van der Waals surface area contributed by atoms with E-state index in [1.165, 1.54) is 5.56 Å². The molecule has 134 valence electrons. The number of benzene rings is 2. The lowest BCUT2D eigenvalue weighted by Gasteiger charge is -2.18. The van der Waals surface area contributed by atoms with E-state index in [4.69, 9.17) is 9.47 Å². The Morgan fingerprint density at radius 2 is 1.72 bits per heavy atom. The van der Waals surface area contributed by atoms with Gasteiger partial charge in [-0.1, -0.05) is 23.8 Å². The number of hydrogen-bond acceptors (Lipinski definition) is 3. The predicted octanol–water partition coefficient (Wildman–Crippen LogP) is 3.88. The number of amides is 1. The van der Waals surface area contributed by atoms with E-state index >= 15 is 0 Å². The van der Waals surface area contributed by atoms with E-state index in [0.29, 0.717) is 13.2 Å². The molecule has 4 heteroatoms. The minimum absolute atomic E-state index is 0.147. The maximum Gasteiger partial charge on any atom is 0.260 e. The third-order valence-electron chi connectivity index (χ3n) is 4.13. The van der Waals surface area contributed by atoms with Gasteiger partial charge in [0.25, 0.3) is 5.91 Å². The Labute approximate surface area is 150 Å². The number of ether oxygens (including phenoxy) is 2. The lowest BCUT2D eigenvalue weighted by atomic mass is 10.1. The van der Waals surface area contributed by atoms with Crippen LogP contribution in [-0.2, 0) is 4.79 Å². The minimum Gasteiger partial charge on any atom is -0.492 e. The molecule has 2 rings (SSSR count). The van der Waals surface area contributed by atoms with E-state index in [1.54, 1.807) is 6.92 Å². The Bertz CT molecular complexity index is 723. The van der Waals surface area contributed by atoms with Gasteiger partial charge in [-0.2, -0.15) is 0 Å². The van der Waals surface area contributed by atoms with Gasteiger partial charge in [0, 0.05) is 0 Å². The molecule has 0 aliphatic carbocycles. The van der Waals surface area contributed by atoms with E-state index in [2.05, 4.69) is 11.4 Å². The summed E-state index contributed by atoms with van der Waals surface area (Å²) in [5.41, 5.74) is 4.53. The average Bonchev–Trinajstić information content (AvgIpc) is 2.57. The minimum atomic E-state index is -0.556. The second kappa shape index (κ2) is 8.56. The molecule has 1 N–H and O–H groups in total. The number of rotatable bonds is 7. The van der Waals surface area contributed by atoms with Crippen LogP contribution < -0.4 is 14.8 Å². The molecule has 4 nitrogen and oxygen atoms in total. The standard InChI is InChI=1S/C21H27NO3/c1-14-6-8-19(9-7-14)24-11-10-22-21(23)18(5)25-20-13-15(2)12-16(3)17(20)4/h6-9,12-13,18H,10-11H2,1-5H3,(H,22,23)/t18-/m1/s1. The van der Waals surface area contributed by atoms with Crippen molar-refractivity contribution in [1.82, 2.24) is 5.32 Å². The monoisotopic (exact) mass is 341 g/mol. The van der Waals surface area contributed by atoms with Gasteiger partial charge in [-0.25, -0.2) is 0 Å². The van der Waals surface area contributed by atoms with Crippen LogP contribution in [0.1, 0.15) is 29.2 Å². The van der Waals surface area contributed by atoms with Crippen LogP contribution in [0.2, 0.25) is 0 Å². The Balaban J connectivity index is 1.79. The van der Waals surface area contributed by atoms with Gasteiger partial charge in [-0.05, 0) is 69.5 Å². The van der Waals surface area contributed by atoms with Crippen LogP contribution in [0, 0.1) is 27.7 Å². The van der Waals surface area contributed by atoms with Gasteiger partial charge in [0.15, 0.2) is 6.10 Å². The summed E-state index contributed by atoms with van der Waals surface area (Å²) in [6.07, 6.45) is -0.556. The molecule has 0 aliphatic heterocycles. The fraction of sp³-hybridized carbons (Fsp3) is 0.381. The first-order chi connectivity index (χ1) is 11.9. The van der Waals surface area contributed by atoms with Crippen molar-refractivity contribution in [3.05, 3.63) is 58.7 Å². The largest absolute Gasteiger partial charge is 0.492 e. The van der Waals surface area contributed by atoms with Gasteiger partial charge in [0.1, 0.15) is 18.1 Å². The Kier molecular flexibility index (Phi) is 6.45. The molecule has 0 saturated carbocycles. The van der Waals surface area contributed by atoms with Gasteiger partial charge < -0.3 is 14.8 Å². The molecule has 0 bridgehead atoms. The van der Waals surface area contributed by atoms with Crippen molar-refractivity contribution >= 4 is 5.91 Å². The average molecular weight is 341 g/mol. The second-order valence-electron chi connectivity index (χ2n) is 6.42. The van der Waals surface area contributed by atoms with Crippen molar-refractivity contribution in [3.8, 4) is 11.5 Å². The van der Waals surface area contributed by atoms with Crippen LogP contribution in [0.3, 0.4) is 0 Å². The van der Waals surface area contributed by atoms with Gasteiger partial charge in [0.2, 0.25) is 0 Å². The number of hydrogen-bond donors (Lipinski definition) is 1. The zero-order valence-electron chi connectivity index (χ0n) is 15.7. The molecule has 1 atom stereocenters. The highest BCUT2D eigenvalue weighted by molar-refractivity contribution is 5.80. The normalized spacial score (nSPS) is 11.7. The van der Waals surface area contributed by atoms with Crippen LogP contribution in [-0.4, -0.2) is 25.2 Å². The number of carbonyl (C=O) groups is 1. The van der Waals surface area contributed by atoms with Gasteiger partial charge in [0.05, 0.1) is 6.54 Å². The highest BCUT2D eigenvalue weighted by Crippen LogP contribution is 2.24. The third kappa shape index (κ3) is 5.52.